The Morgan fingerprint density at radius 2 is 2.23 bits per heavy atom. The van der Waals surface area contributed by atoms with E-state index in [4.69, 9.17) is 4.74 Å². The van der Waals surface area contributed by atoms with Crippen LogP contribution in [0.25, 0.3) is 0 Å². The van der Waals surface area contributed by atoms with Gasteiger partial charge < -0.3 is 9.30 Å². The zero-order valence-electron chi connectivity index (χ0n) is 13.1. The molecular weight excluding hydrogens is 296 g/mol. The Kier molecular flexibility index (Phi) is 4.64. The Balaban J connectivity index is 1.72. The number of ether oxygens (including phenoxy) is 1. The number of aromatic nitrogens is 1. The summed E-state index contributed by atoms with van der Waals surface area (Å²) in [5, 5.41) is 1.94. The standard InChI is InChI=1S/C17H22N2O2S/c1-13-12-22-17(20)19(13)10-9-18-8-4-7-16(18)14-5-3-6-15(11-14)21-2/h3,5-6,11-12,16H,4,7-10H2,1-2H3. The number of rotatable bonds is 5. The SMILES string of the molecule is COc1cccc(C2CCCN2CCn2c(C)csc2=O)c1. The summed E-state index contributed by atoms with van der Waals surface area (Å²) in [6, 6.07) is 8.78. The van der Waals surface area contributed by atoms with Crippen LogP contribution in [0.15, 0.2) is 34.4 Å². The van der Waals surface area contributed by atoms with Crippen molar-refractivity contribution in [3.05, 3.63) is 50.6 Å². The van der Waals surface area contributed by atoms with Gasteiger partial charge >= 0.3 is 4.87 Å². The highest BCUT2D eigenvalue weighted by atomic mass is 32.1. The summed E-state index contributed by atoms with van der Waals surface area (Å²) >= 11 is 1.29. The second-order valence-electron chi connectivity index (χ2n) is 5.77. The van der Waals surface area contributed by atoms with Gasteiger partial charge in [0.1, 0.15) is 5.75 Å². The predicted octanol–water partition coefficient (Wildman–Crippen LogP) is 3.06. The van der Waals surface area contributed by atoms with Gasteiger partial charge in [-0.3, -0.25) is 9.69 Å². The van der Waals surface area contributed by atoms with Crippen molar-refractivity contribution < 1.29 is 4.74 Å². The van der Waals surface area contributed by atoms with E-state index in [0.717, 1.165) is 31.1 Å². The molecule has 2 aromatic rings. The Bertz CT molecular complexity index is 692. The normalized spacial score (nSPS) is 18.7. The minimum Gasteiger partial charge on any atom is -0.497 e. The number of thiazole rings is 1. The van der Waals surface area contributed by atoms with E-state index in [2.05, 4.69) is 23.1 Å². The smallest absolute Gasteiger partial charge is 0.307 e. The summed E-state index contributed by atoms with van der Waals surface area (Å²) in [6.07, 6.45) is 2.38. The maximum absolute atomic E-state index is 11.8. The third-order valence-corrected chi connectivity index (χ3v) is 5.31. The third-order valence-electron chi connectivity index (χ3n) is 4.43. The summed E-state index contributed by atoms with van der Waals surface area (Å²) in [4.78, 5) is 14.5. The van der Waals surface area contributed by atoms with E-state index in [1.165, 1.54) is 29.7 Å². The summed E-state index contributed by atoms with van der Waals surface area (Å²) < 4.78 is 7.22. The van der Waals surface area contributed by atoms with Crippen LogP contribution >= 0.6 is 11.3 Å². The first-order chi connectivity index (χ1) is 10.7. The van der Waals surface area contributed by atoms with Gasteiger partial charge in [-0.15, -0.1) is 0 Å². The summed E-state index contributed by atoms with van der Waals surface area (Å²) in [5.41, 5.74) is 2.37. The van der Waals surface area contributed by atoms with Gasteiger partial charge in [-0.2, -0.15) is 0 Å². The lowest BCUT2D eigenvalue weighted by Crippen LogP contribution is -2.29. The Hall–Kier alpha value is -1.59. The molecule has 0 aliphatic carbocycles. The van der Waals surface area contributed by atoms with Crippen molar-refractivity contribution in [2.75, 3.05) is 20.2 Å². The second kappa shape index (κ2) is 6.67. The molecule has 1 atom stereocenters. The molecule has 0 spiro atoms. The van der Waals surface area contributed by atoms with Crippen LogP contribution in [-0.4, -0.2) is 29.7 Å². The summed E-state index contributed by atoms with van der Waals surface area (Å²) in [6.45, 7) is 4.79. The first kappa shape index (κ1) is 15.3. The first-order valence-electron chi connectivity index (χ1n) is 7.72. The Morgan fingerprint density at radius 3 is 2.95 bits per heavy atom. The summed E-state index contributed by atoms with van der Waals surface area (Å²) in [5.74, 6) is 0.911. The van der Waals surface area contributed by atoms with Crippen molar-refractivity contribution in [1.29, 1.82) is 0 Å². The van der Waals surface area contributed by atoms with Gasteiger partial charge in [-0.25, -0.2) is 0 Å². The molecule has 1 aliphatic rings. The lowest BCUT2D eigenvalue weighted by Gasteiger charge is -2.25. The lowest BCUT2D eigenvalue weighted by molar-refractivity contribution is 0.245. The maximum Gasteiger partial charge on any atom is 0.307 e. The molecule has 1 aromatic carbocycles. The van der Waals surface area contributed by atoms with Crippen molar-refractivity contribution in [2.24, 2.45) is 0 Å². The fraction of sp³-hybridized carbons (Fsp3) is 0.471. The molecule has 0 saturated carbocycles. The van der Waals surface area contributed by atoms with Crippen molar-refractivity contribution in [1.82, 2.24) is 9.47 Å². The molecule has 1 aromatic heterocycles. The number of likely N-dealkylation sites (tertiary alicyclic amines) is 1. The minimum atomic E-state index is 0.148. The fourth-order valence-corrected chi connectivity index (χ4v) is 3.98. The highest BCUT2D eigenvalue weighted by Gasteiger charge is 2.26. The van der Waals surface area contributed by atoms with Gasteiger partial charge in [0.2, 0.25) is 0 Å². The number of hydrogen-bond donors (Lipinski definition) is 0. The van der Waals surface area contributed by atoms with Gasteiger partial charge in [0, 0.05) is 30.2 Å². The van der Waals surface area contributed by atoms with Crippen LogP contribution in [0.5, 0.6) is 5.75 Å². The lowest BCUT2D eigenvalue weighted by atomic mass is 10.0. The van der Waals surface area contributed by atoms with Crippen molar-refractivity contribution in [3.63, 3.8) is 0 Å². The van der Waals surface area contributed by atoms with Gasteiger partial charge in [-0.05, 0) is 44.0 Å². The van der Waals surface area contributed by atoms with Crippen LogP contribution in [0.1, 0.15) is 30.1 Å². The number of methoxy groups -OCH3 is 1. The topological polar surface area (TPSA) is 34.5 Å². The molecule has 1 fully saturated rings. The van der Waals surface area contributed by atoms with Crippen LogP contribution < -0.4 is 9.61 Å². The van der Waals surface area contributed by atoms with E-state index in [1.54, 1.807) is 7.11 Å². The minimum absolute atomic E-state index is 0.148. The molecule has 0 amide bonds. The van der Waals surface area contributed by atoms with E-state index >= 15 is 0 Å². The van der Waals surface area contributed by atoms with E-state index in [-0.39, 0.29) is 4.87 Å². The largest absolute Gasteiger partial charge is 0.497 e. The highest BCUT2D eigenvalue weighted by Crippen LogP contribution is 2.33. The van der Waals surface area contributed by atoms with Gasteiger partial charge in [0.15, 0.2) is 0 Å². The van der Waals surface area contributed by atoms with E-state index in [0.29, 0.717) is 6.04 Å². The number of hydrogen-bond acceptors (Lipinski definition) is 4. The molecule has 1 aliphatic heterocycles. The average molecular weight is 318 g/mol. The molecule has 1 unspecified atom stereocenters. The molecule has 2 heterocycles. The molecule has 22 heavy (non-hydrogen) atoms. The predicted molar refractivity (Wildman–Crippen MR) is 89.9 cm³/mol. The van der Waals surface area contributed by atoms with E-state index < -0.39 is 0 Å². The molecule has 0 radical (unpaired) electrons. The summed E-state index contributed by atoms with van der Waals surface area (Å²) in [7, 11) is 1.71. The Labute approximate surface area is 135 Å². The molecule has 0 bridgehead atoms. The molecule has 4 nitrogen and oxygen atoms in total. The molecule has 118 valence electrons. The van der Waals surface area contributed by atoms with Crippen LogP contribution in [0.3, 0.4) is 0 Å². The van der Waals surface area contributed by atoms with Gasteiger partial charge in [-0.1, -0.05) is 23.5 Å². The molecule has 5 heteroatoms. The third kappa shape index (κ3) is 3.10. The number of aryl methyl sites for hydroxylation is 1. The molecule has 0 N–H and O–H groups in total. The fourth-order valence-electron chi connectivity index (χ4n) is 3.22. The monoisotopic (exact) mass is 318 g/mol. The maximum atomic E-state index is 11.8. The van der Waals surface area contributed by atoms with E-state index in [9.17, 15) is 4.79 Å². The van der Waals surface area contributed by atoms with Crippen molar-refractivity contribution in [2.45, 2.75) is 32.4 Å². The van der Waals surface area contributed by atoms with Crippen LogP contribution in [-0.2, 0) is 6.54 Å². The van der Waals surface area contributed by atoms with Crippen molar-refractivity contribution in [3.8, 4) is 5.75 Å². The second-order valence-corrected chi connectivity index (χ2v) is 6.59. The molecule has 3 rings (SSSR count). The van der Waals surface area contributed by atoms with Gasteiger partial charge in [0.05, 0.1) is 7.11 Å². The first-order valence-corrected chi connectivity index (χ1v) is 8.60. The zero-order chi connectivity index (χ0) is 15.5. The molecule has 1 saturated heterocycles. The van der Waals surface area contributed by atoms with Crippen molar-refractivity contribution >= 4 is 11.3 Å². The zero-order valence-corrected chi connectivity index (χ0v) is 13.9. The number of benzene rings is 1. The van der Waals surface area contributed by atoms with Gasteiger partial charge in [0.25, 0.3) is 0 Å². The highest BCUT2D eigenvalue weighted by molar-refractivity contribution is 7.07. The van der Waals surface area contributed by atoms with E-state index in [1.807, 2.05) is 22.9 Å². The molecular formula is C17H22N2O2S. The van der Waals surface area contributed by atoms with Crippen LogP contribution in [0.4, 0.5) is 0 Å². The Morgan fingerprint density at radius 1 is 1.36 bits per heavy atom. The number of nitrogens with zero attached hydrogens (tertiary/aromatic N) is 2. The average Bonchev–Trinajstić information content (AvgIpc) is 3.13. The quantitative estimate of drug-likeness (QED) is 0.850. The van der Waals surface area contributed by atoms with Crippen LogP contribution in [0.2, 0.25) is 0 Å². The van der Waals surface area contributed by atoms with Crippen LogP contribution in [0, 0.1) is 6.92 Å².